The lowest BCUT2D eigenvalue weighted by Crippen LogP contribution is -2.34. The summed E-state index contributed by atoms with van der Waals surface area (Å²) >= 11 is 6.33. The van der Waals surface area contributed by atoms with E-state index in [1.54, 1.807) is 11.0 Å². The van der Waals surface area contributed by atoms with Crippen LogP contribution in [0.1, 0.15) is 56.2 Å². The largest absolute Gasteiger partial charge is 0.446 e. The minimum Gasteiger partial charge on any atom is -0.446 e. The summed E-state index contributed by atoms with van der Waals surface area (Å²) in [5.74, 6) is 2.21. The Balaban J connectivity index is 1.42. The highest BCUT2D eigenvalue weighted by atomic mass is 35.5. The molecule has 2 aromatic heterocycles. The number of rotatable bonds is 4. The van der Waals surface area contributed by atoms with Gasteiger partial charge in [-0.2, -0.15) is 0 Å². The molecule has 0 saturated carbocycles. The summed E-state index contributed by atoms with van der Waals surface area (Å²) in [7, 11) is 0. The molecule has 2 aliphatic rings. The summed E-state index contributed by atoms with van der Waals surface area (Å²) in [5.41, 5.74) is 1.86. The average molecular weight is 499 g/mol. The SMILES string of the molecule is CC[C@@H](C)OC(=O)N1Cc2cc(Cl)ccc2-n2c(nnc2C2CCN(c3ccc(F)cn3)CC2)C1. The van der Waals surface area contributed by atoms with Crippen LogP contribution in [0.5, 0.6) is 0 Å². The number of ether oxygens (including phenoxy) is 1. The van der Waals surface area contributed by atoms with Crippen molar-refractivity contribution in [3.8, 4) is 5.69 Å². The lowest BCUT2D eigenvalue weighted by atomic mass is 9.95. The molecule has 1 fully saturated rings. The Morgan fingerprint density at radius 1 is 1.20 bits per heavy atom. The minimum absolute atomic E-state index is 0.168. The predicted molar refractivity (Wildman–Crippen MR) is 130 cm³/mol. The zero-order valence-electron chi connectivity index (χ0n) is 19.8. The Morgan fingerprint density at radius 2 is 2.00 bits per heavy atom. The summed E-state index contributed by atoms with van der Waals surface area (Å²) in [6.45, 7) is 6.11. The van der Waals surface area contributed by atoms with Gasteiger partial charge in [0.15, 0.2) is 5.82 Å². The van der Waals surface area contributed by atoms with E-state index >= 15 is 0 Å². The Bertz CT molecular complexity index is 1210. The van der Waals surface area contributed by atoms with Gasteiger partial charge in [-0.25, -0.2) is 14.2 Å². The van der Waals surface area contributed by atoms with Gasteiger partial charge in [-0.15, -0.1) is 10.2 Å². The minimum atomic E-state index is -0.372. The second kappa shape index (κ2) is 9.81. The van der Waals surface area contributed by atoms with Crippen LogP contribution in [0.2, 0.25) is 5.02 Å². The Labute approximate surface area is 208 Å². The van der Waals surface area contributed by atoms with Gasteiger partial charge in [-0.3, -0.25) is 9.47 Å². The Kier molecular flexibility index (Phi) is 6.60. The maximum absolute atomic E-state index is 13.3. The van der Waals surface area contributed by atoms with Gasteiger partial charge in [0.25, 0.3) is 0 Å². The maximum atomic E-state index is 13.3. The first-order valence-corrected chi connectivity index (χ1v) is 12.4. The highest BCUT2D eigenvalue weighted by Gasteiger charge is 2.32. The van der Waals surface area contributed by atoms with E-state index in [1.165, 1.54) is 12.3 Å². The van der Waals surface area contributed by atoms with Crippen molar-refractivity contribution in [3.63, 3.8) is 0 Å². The van der Waals surface area contributed by atoms with Gasteiger partial charge in [0.1, 0.15) is 23.6 Å². The van der Waals surface area contributed by atoms with Crippen molar-refractivity contribution in [2.24, 2.45) is 0 Å². The third-order valence-corrected chi connectivity index (χ3v) is 7.00. The lowest BCUT2D eigenvalue weighted by molar-refractivity contribution is 0.0637. The van der Waals surface area contributed by atoms with Crippen molar-refractivity contribution in [3.05, 3.63) is 64.6 Å². The van der Waals surface area contributed by atoms with Crippen LogP contribution in [-0.4, -0.2) is 49.9 Å². The van der Waals surface area contributed by atoms with E-state index in [2.05, 4.69) is 24.6 Å². The molecule has 0 spiro atoms. The number of halogens is 2. The Morgan fingerprint density at radius 3 is 2.71 bits per heavy atom. The van der Waals surface area contributed by atoms with Gasteiger partial charge in [-0.05, 0) is 62.1 Å². The molecule has 3 aromatic rings. The number of nitrogens with zero attached hydrogens (tertiary/aromatic N) is 6. The number of piperidine rings is 1. The molecule has 2 aliphatic heterocycles. The van der Waals surface area contributed by atoms with Crippen LogP contribution in [0.15, 0.2) is 36.5 Å². The number of anilines is 1. The third-order valence-electron chi connectivity index (χ3n) is 6.76. The molecule has 8 nitrogen and oxygen atoms in total. The molecule has 4 heterocycles. The highest BCUT2D eigenvalue weighted by Crippen LogP contribution is 2.34. The van der Waals surface area contributed by atoms with E-state index in [1.807, 2.05) is 32.0 Å². The van der Waals surface area contributed by atoms with E-state index in [-0.39, 0.29) is 23.9 Å². The summed E-state index contributed by atoms with van der Waals surface area (Å²) in [4.78, 5) is 20.9. The van der Waals surface area contributed by atoms with Crippen molar-refractivity contribution < 1.29 is 13.9 Å². The molecule has 0 bridgehead atoms. The van der Waals surface area contributed by atoms with E-state index < -0.39 is 0 Å². The monoisotopic (exact) mass is 498 g/mol. The molecular formula is C25H28ClFN6O2. The molecule has 0 unspecified atom stereocenters. The summed E-state index contributed by atoms with van der Waals surface area (Å²) in [6, 6.07) is 8.86. The van der Waals surface area contributed by atoms with E-state index in [9.17, 15) is 9.18 Å². The summed E-state index contributed by atoms with van der Waals surface area (Å²) < 4.78 is 20.9. The molecule has 1 saturated heterocycles. The topological polar surface area (TPSA) is 76.4 Å². The van der Waals surface area contributed by atoms with Crippen molar-refractivity contribution in [2.75, 3.05) is 18.0 Å². The third kappa shape index (κ3) is 4.82. The van der Waals surface area contributed by atoms with Crippen LogP contribution in [-0.2, 0) is 17.8 Å². The van der Waals surface area contributed by atoms with Gasteiger partial charge >= 0.3 is 6.09 Å². The van der Waals surface area contributed by atoms with Crippen molar-refractivity contribution in [2.45, 2.75) is 58.2 Å². The maximum Gasteiger partial charge on any atom is 0.410 e. The van der Waals surface area contributed by atoms with E-state index in [0.29, 0.717) is 23.9 Å². The number of pyridine rings is 1. The van der Waals surface area contributed by atoms with Crippen LogP contribution < -0.4 is 4.90 Å². The first kappa shape index (κ1) is 23.5. The summed E-state index contributed by atoms with van der Waals surface area (Å²) in [5, 5.41) is 9.69. The molecule has 10 heteroatoms. The van der Waals surface area contributed by atoms with Crippen molar-refractivity contribution in [1.29, 1.82) is 0 Å². The average Bonchev–Trinajstić information content (AvgIpc) is 3.20. The molecule has 1 amide bonds. The number of carbonyl (C=O) groups excluding carboxylic acids is 1. The molecule has 0 aliphatic carbocycles. The molecule has 5 rings (SSSR count). The van der Waals surface area contributed by atoms with Crippen LogP contribution in [0, 0.1) is 5.82 Å². The predicted octanol–water partition coefficient (Wildman–Crippen LogP) is 5.09. The molecule has 0 N–H and O–H groups in total. The van der Waals surface area contributed by atoms with Gasteiger partial charge in [0.05, 0.1) is 25.0 Å². The second-order valence-corrected chi connectivity index (χ2v) is 9.57. The molecular weight excluding hydrogens is 471 g/mol. The number of benzene rings is 1. The van der Waals surface area contributed by atoms with Gasteiger partial charge < -0.3 is 9.64 Å². The Hall–Kier alpha value is -3.20. The van der Waals surface area contributed by atoms with Crippen LogP contribution >= 0.6 is 11.6 Å². The van der Waals surface area contributed by atoms with Crippen molar-refractivity contribution >= 4 is 23.5 Å². The number of hydrogen-bond acceptors (Lipinski definition) is 6. The van der Waals surface area contributed by atoms with E-state index in [0.717, 1.165) is 55.2 Å². The van der Waals surface area contributed by atoms with Crippen LogP contribution in [0.25, 0.3) is 5.69 Å². The second-order valence-electron chi connectivity index (χ2n) is 9.14. The molecule has 0 radical (unpaired) electrons. The lowest BCUT2D eigenvalue weighted by Gasteiger charge is -2.32. The fraction of sp³-hybridized carbons (Fsp3) is 0.440. The smallest absolute Gasteiger partial charge is 0.410 e. The number of fused-ring (bicyclic) bond motifs is 3. The summed E-state index contributed by atoms with van der Waals surface area (Å²) in [6.07, 6.45) is 3.18. The molecule has 184 valence electrons. The van der Waals surface area contributed by atoms with Crippen LogP contribution in [0.4, 0.5) is 15.0 Å². The highest BCUT2D eigenvalue weighted by molar-refractivity contribution is 6.30. The molecule has 1 aromatic carbocycles. The first-order valence-electron chi connectivity index (χ1n) is 12.0. The van der Waals surface area contributed by atoms with Crippen LogP contribution in [0.3, 0.4) is 0 Å². The standard InChI is InChI=1S/C25H28ClFN6O2/c1-3-16(2)35-25(34)32-14-18-12-19(26)4-6-21(18)33-23(15-32)29-30-24(33)17-8-10-31(11-9-17)22-7-5-20(27)13-28-22/h4-7,12-13,16-17H,3,8-11,14-15H2,1-2H3/t16-/m1/s1. The zero-order chi connectivity index (χ0) is 24.5. The van der Waals surface area contributed by atoms with Gasteiger partial charge in [0.2, 0.25) is 0 Å². The normalized spacial score (nSPS) is 16.9. The van der Waals surface area contributed by atoms with Gasteiger partial charge in [0, 0.05) is 24.0 Å². The fourth-order valence-corrected chi connectivity index (χ4v) is 4.87. The number of carbonyl (C=O) groups is 1. The fourth-order valence-electron chi connectivity index (χ4n) is 4.67. The molecule has 1 atom stereocenters. The number of amides is 1. The first-order chi connectivity index (χ1) is 16.9. The van der Waals surface area contributed by atoms with Crippen molar-refractivity contribution in [1.82, 2.24) is 24.6 Å². The molecule has 35 heavy (non-hydrogen) atoms. The van der Waals surface area contributed by atoms with E-state index in [4.69, 9.17) is 16.3 Å². The number of hydrogen-bond donors (Lipinski definition) is 0. The zero-order valence-corrected chi connectivity index (χ0v) is 20.6. The van der Waals surface area contributed by atoms with Gasteiger partial charge in [-0.1, -0.05) is 18.5 Å². The quantitative estimate of drug-likeness (QED) is 0.498. The number of aromatic nitrogens is 4.